The quantitative estimate of drug-likeness (QED) is 0.777. The van der Waals surface area contributed by atoms with E-state index >= 15 is 0 Å². The van der Waals surface area contributed by atoms with Crippen LogP contribution < -0.4 is 10.1 Å². The minimum atomic E-state index is 0.0737. The highest BCUT2D eigenvalue weighted by Gasteiger charge is 2.06. The summed E-state index contributed by atoms with van der Waals surface area (Å²) in [5.74, 6) is 0.738. The zero-order valence-corrected chi connectivity index (χ0v) is 10.3. The molecule has 0 aromatic heterocycles. The Morgan fingerprint density at radius 1 is 1.50 bits per heavy atom. The van der Waals surface area contributed by atoms with Crippen molar-refractivity contribution in [2.24, 2.45) is 0 Å². The fourth-order valence-electron chi connectivity index (χ4n) is 1.21. The number of anilines is 1. The van der Waals surface area contributed by atoms with E-state index in [0.717, 1.165) is 11.4 Å². The van der Waals surface area contributed by atoms with Gasteiger partial charge in [-0.3, -0.25) is 0 Å². The topological polar surface area (TPSA) is 44.7 Å². The molecule has 0 unspecified atom stereocenters. The van der Waals surface area contributed by atoms with Crippen LogP contribution >= 0.6 is 12.2 Å². The highest BCUT2D eigenvalue weighted by atomic mass is 32.1. The van der Waals surface area contributed by atoms with Crippen LogP contribution in [0.3, 0.4) is 0 Å². The first-order valence-corrected chi connectivity index (χ1v) is 5.36. The fraction of sp³-hybridized carbons (Fsp3) is 0.364. The summed E-state index contributed by atoms with van der Waals surface area (Å²) in [4.78, 5) is 1.77. The lowest BCUT2D eigenvalue weighted by atomic mass is 10.3. The van der Waals surface area contributed by atoms with Gasteiger partial charge in [0.1, 0.15) is 5.75 Å². The maximum atomic E-state index is 8.80. The molecule has 1 aromatic carbocycles. The van der Waals surface area contributed by atoms with Crippen LogP contribution in [-0.2, 0) is 0 Å². The van der Waals surface area contributed by atoms with Gasteiger partial charge in [-0.05, 0) is 24.4 Å². The average molecular weight is 240 g/mol. The van der Waals surface area contributed by atoms with Gasteiger partial charge in [0.2, 0.25) is 0 Å². The number of hydrogen-bond donors (Lipinski definition) is 2. The van der Waals surface area contributed by atoms with Crippen LogP contribution in [-0.4, -0.2) is 42.4 Å². The first-order valence-electron chi connectivity index (χ1n) is 4.95. The molecule has 0 radical (unpaired) electrons. The Bertz CT molecular complexity index is 358. The number of para-hydroxylation sites is 2. The first-order chi connectivity index (χ1) is 7.69. The van der Waals surface area contributed by atoms with E-state index in [-0.39, 0.29) is 6.61 Å². The van der Waals surface area contributed by atoms with Crippen molar-refractivity contribution in [3.05, 3.63) is 24.3 Å². The predicted octanol–water partition coefficient (Wildman–Crippen LogP) is 1.32. The number of nitrogens with one attached hydrogen (secondary N) is 1. The highest BCUT2D eigenvalue weighted by molar-refractivity contribution is 7.80. The molecule has 0 atom stereocenters. The monoisotopic (exact) mass is 240 g/mol. The summed E-state index contributed by atoms with van der Waals surface area (Å²) in [6.45, 7) is 0.575. The molecule has 0 fully saturated rings. The van der Waals surface area contributed by atoms with Gasteiger partial charge in [0.15, 0.2) is 5.11 Å². The van der Waals surface area contributed by atoms with E-state index in [1.54, 1.807) is 12.0 Å². The Hall–Kier alpha value is -1.33. The number of methoxy groups -OCH3 is 1. The first kappa shape index (κ1) is 12.7. The number of thiocarbonyl (C=S) groups is 1. The van der Waals surface area contributed by atoms with Gasteiger partial charge in [-0.2, -0.15) is 0 Å². The van der Waals surface area contributed by atoms with Crippen molar-refractivity contribution in [2.75, 3.05) is 32.6 Å². The van der Waals surface area contributed by atoms with Crippen molar-refractivity contribution in [3.8, 4) is 5.75 Å². The minimum Gasteiger partial charge on any atom is -0.495 e. The zero-order chi connectivity index (χ0) is 12.0. The number of rotatable bonds is 4. The van der Waals surface area contributed by atoms with Gasteiger partial charge < -0.3 is 20.1 Å². The van der Waals surface area contributed by atoms with Crippen LogP contribution in [0, 0.1) is 0 Å². The fourth-order valence-corrected chi connectivity index (χ4v) is 1.41. The van der Waals surface area contributed by atoms with Crippen molar-refractivity contribution in [1.29, 1.82) is 0 Å². The third-order valence-electron chi connectivity index (χ3n) is 2.13. The van der Waals surface area contributed by atoms with Crippen molar-refractivity contribution < 1.29 is 9.84 Å². The lowest BCUT2D eigenvalue weighted by Crippen LogP contribution is -2.33. The summed E-state index contributed by atoms with van der Waals surface area (Å²) >= 11 is 5.18. The molecule has 0 spiro atoms. The molecular weight excluding hydrogens is 224 g/mol. The van der Waals surface area contributed by atoms with Crippen LogP contribution in [0.25, 0.3) is 0 Å². The molecule has 0 heterocycles. The Morgan fingerprint density at radius 2 is 2.19 bits per heavy atom. The molecule has 0 amide bonds. The van der Waals surface area contributed by atoms with Crippen molar-refractivity contribution in [2.45, 2.75) is 0 Å². The SMILES string of the molecule is COc1ccccc1NC(=S)N(C)CCO. The summed E-state index contributed by atoms with van der Waals surface area (Å²) in [7, 11) is 3.43. The van der Waals surface area contributed by atoms with Crippen molar-refractivity contribution >= 4 is 23.0 Å². The second kappa shape index (κ2) is 6.30. The molecule has 1 rings (SSSR count). The number of aliphatic hydroxyl groups is 1. The van der Waals surface area contributed by atoms with E-state index in [9.17, 15) is 0 Å². The molecule has 0 aliphatic carbocycles. The molecule has 16 heavy (non-hydrogen) atoms. The van der Waals surface area contributed by atoms with Crippen LogP contribution in [0.15, 0.2) is 24.3 Å². The van der Waals surface area contributed by atoms with Crippen molar-refractivity contribution in [1.82, 2.24) is 4.90 Å². The number of likely N-dealkylation sites (N-methyl/N-ethyl adjacent to an activating group) is 1. The summed E-state index contributed by atoms with van der Waals surface area (Å²) in [5.41, 5.74) is 0.819. The van der Waals surface area contributed by atoms with Gasteiger partial charge in [0.25, 0.3) is 0 Å². The second-order valence-corrected chi connectivity index (χ2v) is 3.66. The summed E-state index contributed by atoms with van der Waals surface area (Å²) < 4.78 is 5.20. The molecule has 1 aromatic rings. The zero-order valence-electron chi connectivity index (χ0n) is 9.43. The molecule has 0 saturated carbocycles. The molecule has 4 nitrogen and oxygen atoms in total. The third kappa shape index (κ3) is 3.36. The van der Waals surface area contributed by atoms with Crippen LogP contribution in [0.4, 0.5) is 5.69 Å². The molecule has 2 N–H and O–H groups in total. The lowest BCUT2D eigenvalue weighted by molar-refractivity contribution is 0.265. The minimum absolute atomic E-state index is 0.0737. The van der Waals surface area contributed by atoms with Gasteiger partial charge in [0, 0.05) is 13.6 Å². The molecule has 0 aliphatic heterocycles. The van der Waals surface area contributed by atoms with Crippen LogP contribution in [0.5, 0.6) is 5.75 Å². The maximum absolute atomic E-state index is 8.80. The largest absolute Gasteiger partial charge is 0.495 e. The van der Waals surface area contributed by atoms with Crippen LogP contribution in [0.2, 0.25) is 0 Å². The third-order valence-corrected chi connectivity index (χ3v) is 2.54. The number of nitrogens with zero attached hydrogens (tertiary/aromatic N) is 1. The Labute approximate surface area is 101 Å². The van der Waals surface area contributed by atoms with E-state index in [1.807, 2.05) is 31.3 Å². The van der Waals surface area contributed by atoms with Gasteiger partial charge >= 0.3 is 0 Å². The number of ether oxygens (including phenoxy) is 1. The number of aliphatic hydroxyl groups excluding tert-OH is 1. The smallest absolute Gasteiger partial charge is 0.173 e. The number of benzene rings is 1. The normalized spacial score (nSPS) is 9.69. The molecular formula is C11H16N2O2S. The maximum Gasteiger partial charge on any atom is 0.173 e. The average Bonchev–Trinajstić information content (AvgIpc) is 2.30. The molecule has 0 bridgehead atoms. The lowest BCUT2D eigenvalue weighted by Gasteiger charge is -2.20. The Balaban J connectivity index is 2.69. The van der Waals surface area contributed by atoms with E-state index < -0.39 is 0 Å². The molecule has 0 aliphatic rings. The van der Waals surface area contributed by atoms with E-state index in [2.05, 4.69) is 5.32 Å². The molecule has 88 valence electrons. The van der Waals surface area contributed by atoms with E-state index in [4.69, 9.17) is 22.1 Å². The van der Waals surface area contributed by atoms with Gasteiger partial charge in [-0.1, -0.05) is 12.1 Å². The van der Waals surface area contributed by atoms with E-state index in [0.29, 0.717) is 11.7 Å². The van der Waals surface area contributed by atoms with Gasteiger partial charge in [0.05, 0.1) is 19.4 Å². The summed E-state index contributed by atoms with van der Waals surface area (Å²) in [6, 6.07) is 7.54. The summed E-state index contributed by atoms with van der Waals surface area (Å²) in [6.07, 6.45) is 0. The second-order valence-electron chi connectivity index (χ2n) is 3.28. The highest BCUT2D eigenvalue weighted by Crippen LogP contribution is 2.23. The molecule has 5 heteroatoms. The standard InChI is InChI=1S/C11H16N2O2S/c1-13(7-8-14)11(16)12-9-5-3-4-6-10(9)15-2/h3-6,14H,7-8H2,1-2H3,(H,12,16). The van der Waals surface area contributed by atoms with Crippen LogP contribution in [0.1, 0.15) is 0 Å². The van der Waals surface area contributed by atoms with E-state index in [1.165, 1.54) is 0 Å². The molecule has 0 saturated heterocycles. The van der Waals surface area contributed by atoms with Gasteiger partial charge in [-0.25, -0.2) is 0 Å². The predicted molar refractivity (Wildman–Crippen MR) is 68.9 cm³/mol. The van der Waals surface area contributed by atoms with Gasteiger partial charge in [-0.15, -0.1) is 0 Å². The summed E-state index contributed by atoms with van der Waals surface area (Å²) in [5, 5.41) is 12.4. The number of hydrogen-bond acceptors (Lipinski definition) is 3. The van der Waals surface area contributed by atoms with Crippen molar-refractivity contribution in [3.63, 3.8) is 0 Å². The Morgan fingerprint density at radius 3 is 2.81 bits per heavy atom. The Kier molecular flexibility index (Phi) is 5.01.